The second kappa shape index (κ2) is 11.6. The van der Waals surface area contributed by atoms with Gasteiger partial charge in [0.15, 0.2) is 0 Å². The Kier molecular flexibility index (Phi) is 8.79. The molecule has 0 bridgehead atoms. The lowest BCUT2D eigenvalue weighted by Gasteiger charge is -2.23. The van der Waals surface area contributed by atoms with Gasteiger partial charge in [0.1, 0.15) is 12.4 Å². The highest BCUT2D eigenvalue weighted by molar-refractivity contribution is 6.30. The molecule has 3 aromatic rings. The summed E-state index contributed by atoms with van der Waals surface area (Å²) in [6.07, 6.45) is 0.783. The topological polar surface area (TPSA) is 79.3 Å². The molecule has 0 aliphatic rings. The molecule has 0 radical (unpaired) electrons. The van der Waals surface area contributed by atoms with Crippen molar-refractivity contribution in [1.29, 1.82) is 0 Å². The third-order valence-corrected chi connectivity index (χ3v) is 5.97. The van der Waals surface area contributed by atoms with Crippen LogP contribution in [0, 0.1) is 12.8 Å². The summed E-state index contributed by atoms with van der Waals surface area (Å²) in [7, 11) is 0. The molecule has 8 heteroatoms. The van der Waals surface area contributed by atoms with Crippen molar-refractivity contribution >= 4 is 35.0 Å². The van der Waals surface area contributed by atoms with E-state index in [1.807, 2.05) is 49.4 Å². The Hall–Kier alpha value is -3.32. The summed E-state index contributed by atoms with van der Waals surface area (Å²) < 4.78 is 1.69. The van der Waals surface area contributed by atoms with Crippen molar-refractivity contribution in [3.05, 3.63) is 70.9 Å². The van der Waals surface area contributed by atoms with Crippen molar-refractivity contribution < 1.29 is 9.59 Å². The van der Waals surface area contributed by atoms with E-state index in [0.717, 1.165) is 23.4 Å². The summed E-state index contributed by atoms with van der Waals surface area (Å²) in [6, 6.07) is 16.4. The van der Waals surface area contributed by atoms with Crippen LogP contribution in [0.2, 0.25) is 5.02 Å². The first kappa shape index (κ1) is 27.3. The average Bonchev–Trinajstić information content (AvgIpc) is 3.22. The maximum atomic E-state index is 13.2. The lowest BCUT2D eigenvalue weighted by Crippen LogP contribution is -2.41. The Labute approximate surface area is 218 Å². The molecule has 0 fully saturated rings. The van der Waals surface area contributed by atoms with E-state index in [1.165, 1.54) is 0 Å². The number of hydrogen-bond acceptors (Lipinski definition) is 3. The molecule has 0 spiro atoms. The molecule has 3 amide bonds. The summed E-state index contributed by atoms with van der Waals surface area (Å²) in [6.45, 7) is 12.8. The van der Waals surface area contributed by atoms with Gasteiger partial charge in [-0.15, -0.1) is 0 Å². The van der Waals surface area contributed by atoms with E-state index in [9.17, 15) is 9.59 Å². The van der Waals surface area contributed by atoms with E-state index in [-0.39, 0.29) is 23.9 Å². The van der Waals surface area contributed by atoms with E-state index < -0.39 is 0 Å². The predicted molar refractivity (Wildman–Crippen MR) is 147 cm³/mol. The standard InChI is InChI=1S/C28H36ClN5O2/c1-19(2)15-16-33(27(36)30-22-11-7-20(3)8-12-22)18-26(35)31-25-17-24(28(4,5)6)32-34(25)23-13-9-21(29)10-14-23/h7-14,17,19H,15-16,18H2,1-6H3,(H,30,36)(H,31,35). The van der Waals surface area contributed by atoms with Crippen molar-refractivity contribution in [1.82, 2.24) is 14.7 Å². The lowest BCUT2D eigenvalue weighted by atomic mass is 9.92. The van der Waals surface area contributed by atoms with Crippen molar-refractivity contribution in [2.75, 3.05) is 23.7 Å². The minimum absolute atomic E-state index is 0.0823. The first-order valence-electron chi connectivity index (χ1n) is 12.2. The molecular weight excluding hydrogens is 474 g/mol. The fraction of sp³-hybridized carbons (Fsp3) is 0.393. The van der Waals surface area contributed by atoms with Gasteiger partial charge in [0.05, 0.1) is 11.4 Å². The van der Waals surface area contributed by atoms with Gasteiger partial charge in [0, 0.05) is 28.7 Å². The van der Waals surface area contributed by atoms with Crippen LogP contribution in [0.5, 0.6) is 0 Å². The molecular formula is C28H36ClN5O2. The van der Waals surface area contributed by atoms with Crippen LogP contribution in [0.3, 0.4) is 0 Å². The van der Waals surface area contributed by atoms with Gasteiger partial charge in [-0.3, -0.25) is 4.79 Å². The Morgan fingerprint density at radius 2 is 1.67 bits per heavy atom. The Morgan fingerprint density at radius 3 is 2.25 bits per heavy atom. The molecule has 192 valence electrons. The van der Waals surface area contributed by atoms with Crippen LogP contribution in [0.25, 0.3) is 5.69 Å². The third-order valence-electron chi connectivity index (χ3n) is 5.72. The smallest absolute Gasteiger partial charge is 0.315 e. The number of benzene rings is 2. The minimum atomic E-state index is -0.309. The molecule has 0 saturated heterocycles. The maximum absolute atomic E-state index is 13.2. The number of nitrogens with one attached hydrogen (secondary N) is 2. The molecule has 2 aromatic carbocycles. The van der Waals surface area contributed by atoms with E-state index >= 15 is 0 Å². The quantitative estimate of drug-likeness (QED) is 0.356. The van der Waals surface area contributed by atoms with Gasteiger partial charge >= 0.3 is 6.03 Å². The van der Waals surface area contributed by atoms with Gasteiger partial charge in [0.2, 0.25) is 5.91 Å². The number of carbonyl (C=O) groups is 2. The SMILES string of the molecule is Cc1ccc(NC(=O)N(CCC(C)C)CC(=O)Nc2cc(C(C)(C)C)nn2-c2ccc(Cl)cc2)cc1. The van der Waals surface area contributed by atoms with Crippen LogP contribution in [-0.2, 0) is 10.2 Å². The number of nitrogens with zero attached hydrogens (tertiary/aromatic N) is 3. The fourth-order valence-electron chi connectivity index (χ4n) is 3.48. The molecule has 36 heavy (non-hydrogen) atoms. The van der Waals surface area contributed by atoms with Crippen molar-refractivity contribution in [2.45, 2.75) is 53.4 Å². The average molecular weight is 510 g/mol. The molecule has 1 heterocycles. The van der Waals surface area contributed by atoms with Crippen LogP contribution in [-0.4, -0.2) is 39.7 Å². The zero-order chi connectivity index (χ0) is 26.5. The molecule has 2 N–H and O–H groups in total. The molecule has 1 aromatic heterocycles. The van der Waals surface area contributed by atoms with Gasteiger partial charge in [-0.2, -0.15) is 5.10 Å². The number of anilines is 2. The second-order valence-electron chi connectivity index (χ2n) is 10.5. The molecule has 0 aliphatic heterocycles. The first-order chi connectivity index (χ1) is 16.9. The number of aromatic nitrogens is 2. The van der Waals surface area contributed by atoms with Crippen LogP contribution in [0.1, 0.15) is 52.3 Å². The normalized spacial score (nSPS) is 11.4. The molecule has 0 unspecified atom stereocenters. The summed E-state index contributed by atoms with van der Waals surface area (Å²) in [5, 5.41) is 11.2. The fourth-order valence-corrected chi connectivity index (χ4v) is 3.60. The maximum Gasteiger partial charge on any atom is 0.322 e. The van der Waals surface area contributed by atoms with Crippen molar-refractivity contribution in [3.63, 3.8) is 0 Å². The zero-order valence-electron chi connectivity index (χ0n) is 21.9. The number of halogens is 1. The molecule has 0 aliphatic carbocycles. The molecule has 7 nitrogen and oxygen atoms in total. The molecule has 0 saturated carbocycles. The summed E-state index contributed by atoms with van der Waals surface area (Å²) in [4.78, 5) is 27.8. The lowest BCUT2D eigenvalue weighted by molar-refractivity contribution is -0.116. The number of hydrogen-bond donors (Lipinski definition) is 2. The van der Waals surface area contributed by atoms with Crippen LogP contribution in [0.4, 0.5) is 16.3 Å². The van der Waals surface area contributed by atoms with Gasteiger partial charge in [-0.05, 0) is 55.7 Å². The zero-order valence-corrected chi connectivity index (χ0v) is 22.7. The number of amides is 3. The van der Waals surface area contributed by atoms with Crippen LogP contribution >= 0.6 is 11.6 Å². The summed E-state index contributed by atoms with van der Waals surface area (Å²) in [5.74, 6) is 0.631. The van der Waals surface area contributed by atoms with Gasteiger partial charge in [-0.1, -0.05) is 63.9 Å². The van der Waals surface area contributed by atoms with E-state index in [0.29, 0.717) is 29.0 Å². The summed E-state index contributed by atoms with van der Waals surface area (Å²) in [5.41, 5.74) is 3.20. The second-order valence-corrected chi connectivity index (χ2v) is 10.9. The van der Waals surface area contributed by atoms with Crippen molar-refractivity contribution in [3.8, 4) is 5.69 Å². The minimum Gasteiger partial charge on any atom is -0.315 e. The predicted octanol–water partition coefficient (Wildman–Crippen LogP) is 6.65. The monoisotopic (exact) mass is 509 g/mol. The number of carbonyl (C=O) groups excluding carboxylic acids is 2. The van der Waals surface area contributed by atoms with Gasteiger partial charge in [0.25, 0.3) is 0 Å². The Bertz CT molecular complexity index is 1180. The molecule has 0 atom stereocenters. The van der Waals surface area contributed by atoms with Crippen molar-refractivity contribution in [2.24, 2.45) is 5.92 Å². The Balaban J connectivity index is 1.80. The van der Waals surface area contributed by atoms with E-state index in [4.69, 9.17) is 16.7 Å². The highest BCUT2D eigenvalue weighted by Crippen LogP contribution is 2.27. The molecule has 3 rings (SSSR count). The number of urea groups is 1. The van der Waals surface area contributed by atoms with Crippen LogP contribution in [0.15, 0.2) is 54.6 Å². The van der Waals surface area contributed by atoms with Gasteiger partial charge < -0.3 is 15.5 Å². The van der Waals surface area contributed by atoms with Crippen LogP contribution < -0.4 is 10.6 Å². The highest BCUT2D eigenvalue weighted by Gasteiger charge is 2.23. The first-order valence-corrected chi connectivity index (χ1v) is 12.6. The van der Waals surface area contributed by atoms with Gasteiger partial charge in [-0.25, -0.2) is 9.48 Å². The summed E-state index contributed by atoms with van der Waals surface area (Å²) >= 11 is 6.06. The number of rotatable bonds is 8. The largest absolute Gasteiger partial charge is 0.322 e. The van der Waals surface area contributed by atoms with E-state index in [2.05, 4.69) is 45.3 Å². The Morgan fingerprint density at radius 1 is 1.03 bits per heavy atom. The third kappa shape index (κ3) is 7.59. The van der Waals surface area contributed by atoms with E-state index in [1.54, 1.807) is 21.7 Å². The highest BCUT2D eigenvalue weighted by atomic mass is 35.5. The number of aryl methyl sites for hydroxylation is 1.